The molecule has 1 N–H and O–H groups in total. The Bertz CT molecular complexity index is 763. The molecule has 24 heavy (non-hydrogen) atoms. The summed E-state index contributed by atoms with van der Waals surface area (Å²) < 4.78 is 4.84. The van der Waals surface area contributed by atoms with Crippen molar-refractivity contribution >= 4 is 40.5 Å². The third kappa shape index (κ3) is 4.53. The second-order valence-electron chi connectivity index (χ2n) is 4.80. The largest absolute Gasteiger partial charge is 0.452 e. The van der Waals surface area contributed by atoms with Crippen LogP contribution in [0, 0.1) is 10.1 Å². The molecule has 0 unspecified atom stereocenters. The third-order valence-corrected chi connectivity index (χ3v) is 4.35. The summed E-state index contributed by atoms with van der Waals surface area (Å²) in [6.45, 7) is 1.26. The number of hydrogen-bond donors (Lipinski definition) is 1. The first-order valence-corrected chi connectivity index (χ1v) is 8.08. The SMILES string of the molecule is C[C@@H](NC(=O)COC(=O)c1cc(Cl)ccc1[N+](=O)[O-])c1cccs1. The molecule has 1 heterocycles. The number of amides is 1. The van der Waals surface area contributed by atoms with Crippen LogP contribution < -0.4 is 5.32 Å². The molecule has 1 amide bonds. The molecule has 0 aliphatic carbocycles. The normalized spacial score (nSPS) is 11.6. The van der Waals surface area contributed by atoms with Crippen molar-refractivity contribution in [2.45, 2.75) is 13.0 Å². The molecule has 1 aromatic carbocycles. The lowest BCUT2D eigenvalue weighted by molar-refractivity contribution is -0.385. The highest BCUT2D eigenvalue weighted by molar-refractivity contribution is 7.10. The van der Waals surface area contributed by atoms with Gasteiger partial charge in [-0.05, 0) is 30.5 Å². The van der Waals surface area contributed by atoms with Gasteiger partial charge in [-0.1, -0.05) is 17.7 Å². The van der Waals surface area contributed by atoms with Crippen molar-refractivity contribution in [3.63, 3.8) is 0 Å². The fraction of sp³-hybridized carbons (Fsp3) is 0.200. The lowest BCUT2D eigenvalue weighted by Crippen LogP contribution is -2.30. The van der Waals surface area contributed by atoms with Crippen LogP contribution in [-0.4, -0.2) is 23.4 Å². The highest BCUT2D eigenvalue weighted by Crippen LogP contribution is 2.23. The number of carbonyl (C=O) groups is 2. The Labute approximate surface area is 146 Å². The van der Waals surface area contributed by atoms with E-state index < -0.39 is 29.1 Å². The zero-order chi connectivity index (χ0) is 17.7. The Balaban J connectivity index is 1.97. The summed E-state index contributed by atoms with van der Waals surface area (Å²) in [5.41, 5.74) is -0.733. The molecule has 2 aromatic rings. The molecular weight excluding hydrogens is 356 g/mol. The van der Waals surface area contributed by atoms with E-state index in [0.29, 0.717) is 0 Å². The Morgan fingerprint density at radius 2 is 2.17 bits per heavy atom. The molecular formula is C15H13ClN2O5S. The van der Waals surface area contributed by atoms with Gasteiger partial charge in [0, 0.05) is 16.0 Å². The van der Waals surface area contributed by atoms with Crippen LogP contribution in [-0.2, 0) is 9.53 Å². The molecule has 0 spiro atoms. The highest BCUT2D eigenvalue weighted by atomic mass is 35.5. The van der Waals surface area contributed by atoms with E-state index in [2.05, 4.69) is 5.32 Å². The maximum Gasteiger partial charge on any atom is 0.345 e. The number of nitrogens with one attached hydrogen (secondary N) is 1. The van der Waals surface area contributed by atoms with E-state index in [4.69, 9.17) is 16.3 Å². The topological polar surface area (TPSA) is 98.5 Å². The lowest BCUT2D eigenvalue weighted by atomic mass is 10.2. The first-order chi connectivity index (χ1) is 11.4. The number of thiophene rings is 1. The molecule has 0 saturated carbocycles. The van der Waals surface area contributed by atoms with Crippen molar-refractivity contribution in [1.29, 1.82) is 0 Å². The number of carbonyl (C=O) groups excluding carboxylic acids is 2. The predicted molar refractivity (Wildman–Crippen MR) is 89.3 cm³/mol. The summed E-state index contributed by atoms with van der Waals surface area (Å²) in [6, 6.07) is 7.05. The number of rotatable bonds is 6. The Kier molecular flexibility index (Phi) is 5.88. The number of nitrogens with zero attached hydrogens (tertiary/aromatic N) is 1. The van der Waals surface area contributed by atoms with Crippen molar-refractivity contribution in [3.05, 3.63) is 61.3 Å². The number of hydrogen-bond acceptors (Lipinski definition) is 6. The van der Waals surface area contributed by atoms with Crippen molar-refractivity contribution in [2.24, 2.45) is 0 Å². The lowest BCUT2D eigenvalue weighted by Gasteiger charge is -2.12. The van der Waals surface area contributed by atoms with Crippen molar-refractivity contribution in [1.82, 2.24) is 5.32 Å². The molecule has 0 fully saturated rings. The number of esters is 1. The maximum atomic E-state index is 12.0. The molecule has 0 radical (unpaired) electrons. The third-order valence-electron chi connectivity index (χ3n) is 3.06. The van der Waals surface area contributed by atoms with Gasteiger partial charge < -0.3 is 10.1 Å². The summed E-state index contributed by atoms with van der Waals surface area (Å²) >= 11 is 7.23. The molecule has 0 bridgehead atoms. The van der Waals surface area contributed by atoms with Crippen molar-refractivity contribution in [3.8, 4) is 0 Å². The monoisotopic (exact) mass is 368 g/mol. The number of nitro benzene ring substituents is 1. The zero-order valence-electron chi connectivity index (χ0n) is 12.5. The van der Waals surface area contributed by atoms with Crippen LogP contribution in [0.15, 0.2) is 35.7 Å². The molecule has 126 valence electrons. The minimum atomic E-state index is -0.983. The predicted octanol–water partition coefficient (Wildman–Crippen LogP) is 3.34. The van der Waals surface area contributed by atoms with Crippen LogP contribution in [0.3, 0.4) is 0 Å². The zero-order valence-corrected chi connectivity index (χ0v) is 14.1. The summed E-state index contributed by atoms with van der Waals surface area (Å²) in [5.74, 6) is -1.49. The number of nitro groups is 1. The van der Waals surface area contributed by atoms with Gasteiger partial charge in [-0.2, -0.15) is 0 Å². The quantitative estimate of drug-likeness (QED) is 0.479. The second kappa shape index (κ2) is 7.89. The summed E-state index contributed by atoms with van der Waals surface area (Å²) in [4.78, 5) is 35.0. The van der Waals surface area contributed by atoms with Gasteiger partial charge in [-0.25, -0.2) is 4.79 Å². The van der Waals surface area contributed by atoms with Gasteiger partial charge in [0.15, 0.2) is 6.61 Å². The van der Waals surface area contributed by atoms with Crippen LogP contribution in [0.2, 0.25) is 5.02 Å². The van der Waals surface area contributed by atoms with E-state index in [-0.39, 0.29) is 16.6 Å². The van der Waals surface area contributed by atoms with E-state index >= 15 is 0 Å². The van der Waals surface area contributed by atoms with E-state index in [0.717, 1.165) is 17.0 Å². The average molecular weight is 369 g/mol. The Morgan fingerprint density at radius 1 is 1.42 bits per heavy atom. The molecule has 0 aliphatic heterocycles. The standard InChI is InChI=1S/C15H13ClN2O5S/c1-9(13-3-2-6-24-13)17-14(19)8-23-15(20)11-7-10(16)4-5-12(11)18(21)22/h2-7,9H,8H2,1H3,(H,17,19)/t9-/m1/s1. The fourth-order valence-corrected chi connectivity index (χ4v) is 2.84. The van der Waals surface area contributed by atoms with Gasteiger partial charge >= 0.3 is 5.97 Å². The summed E-state index contributed by atoms with van der Waals surface area (Å²) in [7, 11) is 0. The van der Waals surface area contributed by atoms with Gasteiger partial charge in [0.1, 0.15) is 5.56 Å². The molecule has 7 nitrogen and oxygen atoms in total. The highest BCUT2D eigenvalue weighted by Gasteiger charge is 2.22. The van der Waals surface area contributed by atoms with Crippen molar-refractivity contribution in [2.75, 3.05) is 6.61 Å². The first kappa shape index (κ1) is 17.9. The molecule has 9 heteroatoms. The second-order valence-corrected chi connectivity index (χ2v) is 6.22. The summed E-state index contributed by atoms with van der Waals surface area (Å²) in [6.07, 6.45) is 0. The molecule has 2 rings (SSSR count). The van der Waals surface area contributed by atoms with E-state index in [1.54, 1.807) is 6.92 Å². The summed E-state index contributed by atoms with van der Waals surface area (Å²) in [5, 5.41) is 15.6. The number of benzene rings is 1. The van der Waals surface area contributed by atoms with E-state index in [1.165, 1.54) is 17.4 Å². The molecule has 0 saturated heterocycles. The van der Waals surface area contributed by atoms with Gasteiger partial charge in [-0.3, -0.25) is 14.9 Å². The average Bonchev–Trinajstić information content (AvgIpc) is 3.06. The van der Waals surface area contributed by atoms with Crippen LogP contribution >= 0.6 is 22.9 Å². The Hall–Kier alpha value is -2.45. The van der Waals surface area contributed by atoms with Gasteiger partial charge in [0.05, 0.1) is 11.0 Å². The van der Waals surface area contributed by atoms with Crippen LogP contribution in [0.5, 0.6) is 0 Å². The number of ether oxygens (including phenoxy) is 1. The van der Waals surface area contributed by atoms with Gasteiger partial charge in [-0.15, -0.1) is 11.3 Å². The fourth-order valence-electron chi connectivity index (χ4n) is 1.93. The number of halogens is 1. The Morgan fingerprint density at radius 3 is 2.79 bits per heavy atom. The smallest absolute Gasteiger partial charge is 0.345 e. The van der Waals surface area contributed by atoms with Crippen LogP contribution in [0.25, 0.3) is 0 Å². The van der Waals surface area contributed by atoms with Gasteiger partial charge in [0.2, 0.25) is 0 Å². The van der Waals surface area contributed by atoms with Crippen LogP contribution in [0.4, 0.5) is 5.69 Å². The van der Waals surface area contributed by atoms with Crippen molar-refractivity contribution < 1.29 is 19.2 Å². The van der Waals surface area contributed by atoms with Gasteiger partial charge in [0.25, 0.3) is 11.6 Å². The first-order valence-electron chi connectivity index (χ1n) is 6.82. The minimum Gasteiger partial charge on any atom is -0.452 e. The maximum absolute atomic E-state index is 12.0. The minimum absolute atomic E-state index is 0.156. The molecule has 1 aromatic heterocycles. The van der Waals surface area contributed by atoms with E-state index in [1.807, 2.05) is 17.5 Å². The van der Waals surface area contributed by atoms with Crippen LogP contribution in [0.1, 0.15) is 28.2 Å². The van der Waals surface area contributed by atoms with E-state index in [9.17, 15) is 19.7 Å². The molecule has 1 atom stereocenters. The molecule has 0 aliphatic rings.